The number of halogens is 2. The average molecular weight is 383 g/mol. The fourth-order valence-corrected chi connectivity index (χ4v) is 2.48. The van der Waals surface area contributed by atoms with Gasteiger partial charge in [0.15, 0.2) is 6.04 Å². The minimum atomic E-state index is -2.44. The molecule has 6 nitrogen and oxygen atoms in total. The molecule has 0 aromatic heterocycles. The Labute approximate surface area is 154 Å². The van der Waals surface area contributed by atoms with Gasteiger partial charge in [0.1, 0.15) is 6.61 Å². The highest BCUT2D eigenvalue weighted by atomic mass is 35.5. The summed E-state index contributed by atoms with van der Waals surface area (Å²) in [5.74, 6) is 0. The summed E-state index contributed by atoms with van der Waals surface area (Å²) >= 11 is 11.7. The predicted octanol–water partition coefficient (Wildman–Crippen LogP) is 4.37. The van der Waals surface area contributed by atoms with Crippen molar-refractivity contribution in [3.05, 3.63) is 81.4 Å². The highest BCUT2D eigenvalue weighted by molar-refractivity contribution is 6.47. The molecule has 132 valence electrons. The first-order valence-electron chi connectivity index (χ1n) is 7.37. The van der Waals surface area contributed by atoms with Crippen LogP contribution < -0.4 is 5.32 Å². The Bertz CT molecular complexity index is 736. The van der Waals surface area contributed by atoms with Crippen LogP contribution in [-0.2, 0) is 11.3 Å². The minimum absolute atomic E-state index is 0.0172. The third kappa shape index (κ3) is 5.08. The Morgan fingerprint density at radius 1 is 1.20 bits per heavy atom. The van der Waals surface area contributed by atoms with Crippen LogP contribution in [0.3, 0.4) is 0 Å². The Hall–Kier alpha value is -2.31. The second kappa shape index (κ2) is 8.18. The van der Waals surface area contributed by atoms with Crippen LogP contribution in [0, 0.1) is 17.0 Å². The van der Waals surface area contributed by atoms with Crippen molar-refractivity contribution in [2.24, 2.45) is 0 Å². The van der Waals surface area contributed by atoms with Crippen molar-refractivity contribution < 1.29 is 14.5 Å². The van der Waals surface area contributed by atoms with E-state index in [9.17, 15) is 14.9 Å². The number of ether oxygens (including phenoxy) is 1. The summed E-state index contributed by atoms with van der Waals surface area (Å²) in [5, 5.41) is 13.6. The number of carbonyl (C=O) groups is 1. The summed E-state index contributed by atoms with van der Waals surface area (Å²) in [4.78, 5) is 22.4. The molecule has 0 saturated heterocycles. The van der Waals surface area contributed by atoms with Gasteiger partial charge in [0.25, 0.3) is 0 Å². The average Bonchev–Trinajstić information content (AvgIpc) is 2.59. The Morgan fingerprint density at radius 2 is 1.80 bits per heavy atom. The van der Waals surface area contributed by atoms with Crippen LogP contribution in [0.4, 0.5) is 4.79 Å². The molecule has 25 heavy (non-hydrogen) atoms. The van der Waals surface area contributed by atoms with Gasteiger partial charge in [0.2, 0.25) is 0 Å². The van der Waals surface area contributed by atoms with Crippen molar-refractivity contribution >= 4 is 29.3 Å². The normalized spacial score (nSPS) is 12.3. The lowest BCUT2D eigenvalue weighted by Crippen LogP contribution is -2.44. The Kier molecular flexibility index (Phi) is 6.22. The van der Waals surface area contributed by atoms with Crippen LogP contribution in [-0.4, -0.2) is 15.5 Å². The monoisotopic (exact) mass is 382 g/mol. The van der Waals surface area contributed by atoms with Crippen LogP contribution in [0.5, 0.6) is 0 Å². The van der Waals surface area contributed by atoms with Crippen molar-refractivity contribution in [3.63, 3.8) is 0 Å². The molecule has 0 bridgehead atoms. The maximum Gasteiger partial charge on any atom is 0.408 e. The topological polar surface area (TPSA) is 81.5 Å². The van der Waals surface area contributed by atoms with E-state index in [0.29, 0.717) is 5.56 Å². The minimum Gasteiger partial charge on any atom is -0.445 e. The third-order valence-electron chi connectivity index (χ3n) is 3.48. The number of nitrogens with zero attached hydrogens (tertiary/aromatic N) is 1. The van der Waals surface area contributed by atoms with Crippen molar-refractivity contribution in [2.75, 3.05) is 0 Å². The van der Waals surface area contributed by atoms with Crippen molar-refractivity contribution in [2.45, 2.75) is 24.0 Å². The van der Waals surface area contributed by atoms with Gasteiger partial charge < -0.3 is 10.1 Å². The van der Waals surface area contributed by atoms with Gasteiger partial charge in [-0.25, -0.2) is 4.79 Å². The zero-order chi connectivity index (χ0) is 18.4. The molecule has 0 spiro atoms. The summed E-state index contributed by atoms with van der Waals surface area (Å²) < 4.78 is 2.65. The third-order valence-corrected chi connectivity index (χ3v) is 4.19. The molecule has 0 heterocycles. The number of hydrogen-bond acceptors (Lipinski definition) is 4. The zero-order valence-electron chi connectivity index (χ0n) is 13.3. The molecule has 0 saturated carbocycles. The first-order chi connectivity index (χ1) is 11.8. The summed E-state index contributed by atoms with van der Waals surface area (Å²) in [6, 6.07) is 14.4. The molecule has 2 aromatic carbocycles. The van der Waals surface area contributed by atoms with E-state index in [1.54, 1.807) is 48.5 Å². The van der Waals surface area contributed by atoms with Gasteiger partial charge in [-0.3, -0.25) is 10.1 Å². The SMILES string of the molecule is Cc1ccc(C(NC(=O)OCc2ccccc2)C(Cl)(Cl)[N+](=O)[O-])cc1. The number of rotatable bonds is 6. The van der Waals surface area contributed by atoms with Gasteiger partial charge in [-0.05, 0) is 41.3 Å². The van der Waals surface area contributed by atoms with E-state index in [0.717, 1.165) is 11.1 Å². The summed E-state index contributed by atoms with van der Waals surface area (Å²) in [7, 11) is 0. The smallest absolute Gasteiger partial charge is 0.408 e. The number of alkyl carbamates (subject to hydrolysis) is 1. The van der Waals surface area contributed by atoms with Gasteiger partial charge in [-0.1, -0.05) is 60.2 Å². The van der Waals surface area contributed by atoms with E-state index in [2.05, 4.69) is 5.32 Å². The summed E-state index contributed by atoms with van der Waals surface area (Å²) in [6.07, 6.45) is -0.859. The van der Waals surface area contributed by atoms with E-state index in [-0.39, 0.29) is 6.61 Å². The number of aryl methyl sites for hydroxylation is 1. The number of nitrogens with one attached hydrogen (secondary N) is 1. The van der Waals surface area contributed by atoms with Crippen LogP contribution in [0.2, 0.25) is 0 Å². The second-order valence-electron chi connectivity index (χ2n) is 5.39. The van der Waals surface area contributed by atoms with Gasteiger partial charge in [-0.2, -0.15) is 0 Å². The van der Waals surface area contributed by atoms with Gasteiger partial charge in [0.05, 0.1) is 4.92 Å². The second-order valence-corrected chi connectivity index (χ2v) is 6.74. The maximum atomic E-state index is 12.1. The van der Waals surface area contributed by atoms with Gasteiger partial charge in [-0.15, -0.1) is 0 Å². The molecule has 0 aliphatic heterocycles. The quantitative estimate of drug-likeness (QED) is 0.348. The van der Waals surface area contributed by atoms with Crippen LogP contribution >= 0.6 is 23.2 Å². The molecular formula is C17H16Cl2N2O4. The van der Waals surface area contributed by atoms with Crippen molar-refractivity contribution in [1.82, 2.24) is 5.32 Å². The van der Waals surface area contributed by atoms with Gasteiger partial charge >= 0.3 is 10.6 Å². The lowest BCUT2D eigenvalue weighted by molar-refractivity contribution is -0.521. The highest BCUT2D eigenvalue weighted by Crippen LogP contribution is 2.36. The van der Waals surface area contributed by atoms with E-state index in [4.69, 9.17) is 27.9 Å². The molecule has 0 aliphatic carbocycles. The molecule has 1 unspecified atom stereocenters. The molecule has 0 radical (unpaired) electrons. The Morgan fingerprint density at radius 3 is 2.36 bits per heavy atom. The lowest BCUT2D eigenvalue weighted by atomic mass is 10.0. The fraction of sp³-hybridized carbons (Fsp3) is 0.235. The number of nitro groups is 1. The van der Waals surface area contributed by atoms with E-state index >= 15 is 0 Å². The standard InChI is InChI=1S/C17H16Cl2N2O4/c1-12-7-9-14(10-8-12)15(17(18,19)21(23)24)20-16(22)25-11-13-5-3-2-4-6-13/h2-10,15H,11H2,1H3,(H,20,22). The highest BCUT2D eigenvalue weighted by Gasteiger charge is 2.49. The van der Waals surface area contributed by atoms with Crippen LogP contribution in [0.15, 0.2) is 54.6 Å². The first-order valence-corrected chi connectivity index (χ1v) is 8.12. The number of amides is 1. The summed E-state index contributed by atoms with van der Waals surface area (Å²) in [5.41, 5.74) is 2.12. The fourth-order valence-electron chi connectivity index (χ4n) is 2.12. The van der Waals surface area contributed by atoms with Crippen molar-refractivity contribution in [3.8, 4) is 0 Å². The summed E-state index contributed by atoms with van der Waals surface area (Å²) in [6.45, 7) is 1.88. The number of benzene rings is 2. The van der Waals surface area contributed by atoms with E-state index in [1.807, 2.05) is 13.0 Å². The molecule has 1 atom stereocenters. The van der Waals surface area contributed by atoms with Crippen LogP contribution in [0.25, 0.3) is 0 Å². The zero-order valence-corrected chi connectivity index (χ0v) is 14.8. The number of alkyl halides is 2. The molecule has 0 fully saturated rings. The predicted molar refractivity (Wildman–Crippen MR) is 95.1 cm³/mol. The molecule has 1 N–H and O–H groups in total. The lowest BCUT2D eigenvalue weighted by Gasteiger charge is -2.24. The number of hydrogen-bond donors (Lipinski definition) is 1. The first kappa shape index (κ1) is 19.0. The molecule has 2 rings (SSSR count). The molecule has 1 amide bonds. The Balaban J connectivity index is 2.14. The number of carbonyl (C=O) groups excluding carboxylic acids is 1. The van der Waals surface area contributed by atoms with Crippen LogP contribution in [0.1, 0.15) is 22.7 Å². The van der Waals surface area contributed by atoms with Gasteiger partial charge in [0, 0.05) is 0 Å². The van der Waals surface area contributed by atoms with Crippen molar-refractivity contribution in [1.29, 1.82) is 0 Å². The molecule has 8 heteroatoms. The van der Waals surface area contributed by atoms with E-state index < -0.39 is 21.5 Å². The molecule has 0 aliphatic rings. The molecular weight excluding hydrogens is 367 g/mol. The molecule has 2 aromatic rings. The largest absolute Gasteiger partial charge is 0.445 e. The van der Waals surface area contributed by atoms with E-state index in [1.165, 1.54) is 0 Å². The maximum absolute atomic E-state index is 12.1.